The summed E-state index contributed by atoms with van der Waals surface area (Å²) in [5.74, 6) is 2.32. The lowest BCUT2D eigenvalue weighted by atomic mass is 9.66. The minimum atomic E-state index is -0.456. The lowest BCUT2D eigenvalue weighted by molar-refractivity contribution is -0.123. The molecule has 2 heterocycles. The Balaban J connectivity index is 2.03. The first-order valence-electron chi connectivity index (χ1n) is 6.08. The van der Waals surface area contributed by atoms with Gasteiger partial charge in [0, 0.05) is 18.5 Å². The average molecular weight is 227 g/mol. The normalized spacial score (nSPS) is 33.1. The van der Waals surface area contributed by atoms with Crippen LogP contribution in [0.25, 0.3) is 0 Å². The van der Waals surface area contributed by atoms with Crippen LogP contribution in [0.1, 0.15) is 18.4 Å². The fourth-order valence-electron chi connectivity index (χ4n) is 3.40. The number of carbonyl (C=O) groups excluding carboxylic acids is 1. The highest BCUT2D eigenvalue weighted by molar-refractivity contribution is 5.94. The van der Waals surface area contributed by atoms with Crippen molar-refractivity contribution in [3.63, 3.8) is 0 Å². The number of carbonyl (C=O) groups is 1. The Labute approximate surface area is 99.5 Å². The number of para-hydroxylation sites is 1. The van der Waals surface area contributed by atoms with Crippen LogP contribution in [0.4, 0.5) is 0 Å². The number of ether oxygens (including phenoxy) is 1. The molecule has 1 spiro atoms. The van der Waals surface area contributed by atoms with Gasteiger partial charge in [0.1, 0.15) is 16.9 Å². The highest BCUT2D eigenvalue weighted by Crippen LogP contribution is 2.51. The Kier molecular flexibility index (Phi) is 1.59. The van der Waals surface area contributed by atoms with Gasteiger partial charge >= 0.3 is 0 Å². The molecule has 0 radical (unpaired) electrons. The average Bonchev–Trinajstić information content (AvgIpc) is 2.67. The second kappa shape index (κ2) is 2.92. The highest BCUT2D eigenvalue weighted by Gasteiger charge is 2.54. The number of benzene rings is 1. The molecule has 3 aliphatic rings. The summed E-state index contributed by atoms with van der Waals surface area (Å²) in [6, 6.07) is 7.91. The fraction of sp³-hybridized carbons (Fsp3) is 0.357. The van der Waals surface area contributed by atoms with Crippen LogP contribution in [-0.2, 0) is 10.2 Å². The Bertz CT molecular complexity index is 549. The molecule has 3 heteroatoms. The van der Waals surface area contributed by atoms with E-state index >= 15 is 0 Å². The number of hydrogen-bond acceptors (Lipinski definition) is 2. The van der Waals surface area contributed by atoms with Crippen LogP contribution in [0.2, 0.25) is 0 Å². The molecule has 1 aliphatic carbocycles. The van der Waals surface area contributed by atoms with Crippen LogP contribution in [0, 0.1) is 5.92 Å². The summed E-state index contributed by atoms with van der Waals surface area (Å²) in [6.07, 6.45) is 4.01. The Hall–Kier alpha value is -1.77. The molecule has 1 N–H and O–H groups in total. The summed E-state index contributed by atoms with van der Waals surface area (Å²) in [4.78, 5) is 12.3. The molecule has 1 amide bonds. The molecule has 4 rings (SSSR count). The third-order valence-electron chi connectivity index (χ3n) is 4.23. The van der Waals surface area contributed by atoms with Crippen molar-refractivity contribution in [2.45, 2.75) is 18.3 Å². The van der Waals surface area contributed by atoms with Crippen LogP contribution in [-0.4, -0.2) is 12.5 Å². The summed E-state index contributed by atoms with van der Waals surface area (Å²) >= 11 is 0. The maximum Gasteiger partial charge on any atom is 0.235 e. The molecule has 1 fully saturated rings. The van der Waals surface area contributed by atoms with Gasteiger partial charge in [-0.15, -0.1) is 0 Å². The van der Waals surface area contributed by atoms with Gasteiger partial charge in [-0.25, -0.2) is 0 Å². The number of fused-ring (bicyclic) bond motifs is 1. The SMILES string of the molecule is O=C1NCC2CCC3=CC12c1ccccc1O3. The summed E-state index contributed by atoms with van der Waals surface area (Å²) in [7, 11) is 0. The quantitative estimate of drug-likeness (QED) is 0.733. The standard InChI is InChI=1S/C14H13NO2/c16-13-14-7-10(6-5-9(14)8-15-13)17-12-4-2-1-3-11(12)14/h1-4,7,9H,5-6,8H2,(H,15,16). The van der Waals surface area contributed by atoms with Crippen molar-refractivity contribution >= 4 is 5.91 Å². The zero-order valence-corrected chi connectivity index (χ0v) is 9.40. The molecular formula is C14H13NO2. The molecule has 1 aromatic rings. The molecule has 86 valence electrons. The fourth-order valence-corrected chi connectivity index (χ4v) is 3.40. The number of hydrogen-bond donors (Lipinski definition) is 1. The van der Waals surface area contributed by atoms with E-state index in [1.165, 1.54) is 0 Å². The zero-order valence-electron chi connectivity index (χ0n) is 9.40. The third-order valence-corrected chi connectivity index (χ3v) is 4.23. The summed E-state index contributed by atoms with van der Waals surface area (Å²) < 4.78 is 5.84. The molecule has 3 nitrogen and oxygen atoms in total. The van der Waals surface area contributed by atoms with E-state index in [1.807, 2.05) is 30.3 Å². The Morgan fingerprint density at radius 2 is 2.24 bits per heavy atom. The van der Waals surface area contributed by atoms with Crippen molar-refractivity contribution in [2.24, 2.45) is 5.92 Å². The van der Waals surface area contributed by atoms with Crippen molar-refractivity contribution < 1.29 is 9.53 Å². The van der Waals surface area contributed by atoms with Gasteiger partial charge in [0.2, 0.25) is 5.91 Å². The van der Waals surface area contributed by atoms with E-state index in [2.05, 4.69) is 5.32 Å². The van der Waals surface area contributed by atoms with Crippen molar-refractivity contribution in [3.8, 4) is 5.75 Å². The molecule has 1 aromatic carbocycles. The smallest absolute Gasteiger partial charge is 0.235 e. The van der Waals surface area contributed by atoms with Crippen LogP contribution in [0.15, 0.2) is 36.1 Å². The van der Waals surface area contributed by atoms with E-state index in [0.717, 1.165) is 36.5 Å². The molecule has 2 aliphatic heterocycles. The second-order valence-corrected chi connectivity index (χ2v) is 5.02. The van der Waals surface area contributed by atoms with Crippen LogP contribution in [0.3, 0.4) is 0 Å². The first-order valence-corrected chi connectivity index (χ1v) is 6.08. The minimum absolute atomic E-state index is 0.135. The molecule has 0 saturated carbocycles. The van der Waals surface area contributed by atoms with Crippen LogP contribution in [0.5, 0.6) is 5.75 Å². The summed E-state index contributed by atoms with van der Waals surface area (Å²) in [6.45, 7) is 0.789. The molecule has 0 aromatic heterocycles. The highest BCUT2D eigenvalue weighted by atomic mass is 16.5. The van der Waals surface area contributed by atoms with Gasteiger partial charge in [-0.05, 0) is 24.5 Å². The summed E-state index contributed by atoms with van der Waals surface area (Å²) in [5.41, 5.74) is 0.575. The van der Waals surface area contributed by atoms with E-state index in [0.29, 0.717) is 5.92 Å². The number of amides is 1. The lowest BCUT2D eigenvalue weighted by Crippen LogP contribution is -2.42. The van der Waals surface area contributed by atoms with Gasteiger partial charge in [-0.1, -0.05) is 18.2 Å². The van der Waals surface area contributed by atoms with Gasteiger partial charge in [0.25, 0.3) is 0 Å². The van der Waals surface area contributed by atoms with Crippen LogP contribution >= 0.6 is 0 Å². The predicted molar refractivity (Wildman–Crippen MR) is 62.6 cm³/mol. The van der Waals surface area contributed by atoms with E-state index in [1.54, 1.807) is 0 Å². The Morgan fingerprint density at radius 1 is 1.35 bits per heavy atom. The van der Waals surface area contributed by atoms with E-state index in [-0.39, 0.29) is 5.91 Å². The molecular weight excluding hydrogens is 214 g/mol. The topological polar surface area (TPSA) is 38.3 Å². The maximum absolute atomic E-state index is 12.3. The first-order chi connectivity index (χ1) is 8.30. The largest absolute Gasteiger partial charge is 0.462 e. The van der Waals surface area contributed by atoms with Crippen molar-refractivity contribution in [1.29, 1.82) is 0 Å². The lowest BCUT2D eigenvalue weighted by Gasteiger charge is -2.39. The number of allylic oxidation sites excluding steroid dienone is 1. The zero-order chi connectivity index (χ0) is 11.5. The molecule has 1 saturated heterocycles. The molecule has 2 bridgehead atoms. The van der Waals surface area contributed by atoms with E-state index in [9.17, 15) is 4.79 Å². The summed E-state index contributed by atoms with van der Waals surface area (Å²) in [5, 5.41) is 3.01. The van der Waals surface area contributed by atoms with Gasteiger partial charge in [0.05, 0.1) is 0 Å². The molecule has 2 atom stereocenters. The Morgan fingerprint density at radius 3 is 3.18 bits per heavy atom. The first kappa shape index (κ1) is 9.28. The predicted octanol–water partition coefficient (Wildman–Crippen LogP) is 1.74. The van der Waals surface area contributed by atoms with Crippen molar-refractivity contribution in [2.75, 3.05) is 6.54 Å². The minimum Gasteiger partial charge on any atom is -0.462 e. The number of rotatable bonds is 0. The van der Waals surface area contributed by atoms with Crippen molar-refractivity contribution in [3.05, 3.63) is 41.7 Å². The van der Waals surface area contributed by atoms with Gasteiger partial charge < -0.3 is 10.1 Å². The van der Waals surface area contributed by atoms with E-state index in [4.69, 9.17) is 4.74 Å². The third kappa shape index (κ3) is 0.996. The van der Waals surface area contributed by atoms with E-state index < -0.39 is 5.41 Å². The van der Waals surface area contributed by atoms with Crippen LogP contribution < -0.4 is 10.1 Å². The number of nitrogens with one attached hydrogen (secondary N) is 1. The molecule has 2 unspecified atom stereocenters. The van der Waals surface area contributed by atoms with Gasteiger partial charge in [0.15, 0.2) is 0 Å². The second-order valence-electron chi connectivity index (χ2n) is 5.02. The maximum atomic E-state index is 12.3. The van der Waals surface area contributed by atoms with Gasteiger partial charge in [-0.2, -0.15) is 0 Å². The van der Waals surface area contributed by atoms with Crippen molar-refractivity contribution in [1.82, 2.24) is 5.32 Å². The monoisotopic (exact) mass is 227 g/mol. The molecule has 17 heavy (non-hydrogen) atoms. The van der Waals surface area contributed by atoms with Gasteiger partial charge in [-0.3, -0.25) is 4.79 Å².